The number of hydrazine groups is 1. The number of methoxy groups -OCH3 is 2. The van der Waals surface area contributed by atoms with Crippen LogP contribution in [-0.4, -0.2) is 34.7 Å². The third-order valence-corrected chi connectivity index (χ3v) is 8.44. The Labute approximate surface area is 268 Å². The number of nitrogens with zero attached hydrogens (tertiary/aromatic N) is 5. The van der Waals surface area contributed by atoms with Gasteiger partial charge in [0, 0.05) is 10.9 Å². The number of benzene rings is 4. The number of hydrogen-bond donors (Lipinski definition) is 3. The number of aromatic nitrogens is 1. The summed E-state index contributed by atoms with van der Waals surface area (Å²) in [6, 6.07) is 28.9. The lowest BCUT2D eigenvalue weighted by Crippen LogP contribution is -2.41. The van der Waals surface area contributed by atoms with Gasteiger partial charge in [-0.3, -0.25) is 25.8 Å². The van der Waals surface area contributed by atoms with Gasteiger partial charge in [0.1, 0.15) is 17.2 Å². The van der Waals surface area contributed by atoms with E-state index in [0.717, 1.165) is 16.6 Å². The van der Waals surface area contributed by atoms with Crippen molar-refractivity contribution >= 4 is 28.2 Å². The Balaban J connectivity index is 1.23. The Bertz CT molecular complexity index is 2090. The van der Waals surface area contributed by atoms with Crippen molar-refractivity contribution in [3.63, 3.8) is 0 Å². The van der Waals surface area contributed by atoms with E-state index in [2.05, 4.69) is 21.1 Å². The minimum absolute atomic E-state index is 0.102. The van der Waals surface area contributed by atoms with Crippen LogP contribution in [0.4, 0.5) is 11.4 Å². The zero-order valence-corrected chi connectivity index (χ0v) is 25.4. The number of rotatable bonds is 10. The van der Waals surface area contributed by atoms with Crippen molar-refractivity contribution in [2.45, 2.75) is 18.6 Å². The van der Waals surface area contributed by atoms with Gasteiger partial charge >= 0.3 is 5.70 Å². The number of ether oxygens (including phenoxy) is 2. The number of carbonyl (C=O) groups is 1. The summed E-state index contributed by atoms with van der Waals surface area (Å²) in [4.78, 5) is 27.8. The van der Waals surface area contributed by atoms with Crippen LogP contribution in [0.25, 0.3) is 10.9 Å². The van der Waals surface area contributed by atoms with Gasteiger partial charge in [-0.05, 0) is 47.5 Å². The molecule has 1 aromatic heterocycles. The Kier molecular flexibility index (Phi) is 7.20. The predicted octanol–water partition coefficient (Wildman–Crippen LogP) is 5.68. The number of nitrogens with one attached hydrogen (secondary N) is 2. The minimum Gasteiger partial charge on any atom is -0.497 e. The molecule has 13 heteroatoms. The molecule has 3 heterocycles. The highest BCUT2D eigenvalue weighted by molar-refractivity contribution is 6.10. The number of carbonyl (C=O) groups excluding carboxylic acids is 1. The van der Waals surface area contributed by atoms with Gasteiger partial charge in [-0.2, -0.15) is 5.11 Å². The van der Waals surface area contributed by atoms with E-state index in [0.29, 0.717) is 34.7 Å². The summed E-state index contributed by atoms with van der Waals surface area (Å²) in [5, 5.41) is 33.2. The summed E-state index contributed by atoms with van der Waals surface area (Å²) in [6.07, 6.45) is 0. The van der Waals surface area contributed by atoms with Crippen molar-refractivity contribution < 1.29 is 24.3 Å². The fraction of sp³-hybridized carbons (Fsp3) is 0.147. The molecule has 0 saturated carbocycles. The van der Waals surface area contributed by atoms with Gasteiger partial charge in [0.05, 0.1) is 43.4 Å². The highest BCUT2D eigenvalue weighted by atomic mass is 16.6. The quantitative estimate of drug-likeness (QED) is 0.131. The smallest absolute Gasteiger partial charge is 0.335 e. The maximum atomic E-state index is 14.2. The van der Waals surface area contributed by atoms with Crippen LogP contribution in [0.1, 0.15) is 16.7 Å². The van der Waals surface area contributed by atoms with Crippen molar-refractivity contribution in [1.29, 1.82) is 0 Å². The molecule has 47 heavy (non-hydrogen) atoms. The topological polar surface area (TPSA) is 156 Å². The van der Waals surface area contributed by atoms with Crippen molar-refractivity contribution in [3.8, 4) is 17.4 Å². The van der Waals surface area contributed by atoms with E-state index in [1.165, 1.54) is 4.90 Å². The van der Waals surface area contributed by atoms with Crippen LogP contribution in [0.3, 0.4) is 0 Å². The number of hydrogen-bond acceptors (Lipinski definition) is 10. The van der Waals surface area contributed by atoms with Gasteiger partial charge in [0.15, 0.2) is 0 Å². The second-order valence-corrected chi connectivity index (χ2v) is 11.0. The van der Waals surface area contributed by atoms with Crippen LogP contribution in [0, 0.1) is 10.1 Å². The lowest BCUT2D eigenvalue weighted by atomic mass is 9.89. The van der Waals surface area contributed by atoms with E-state index in [9.17, 15) is 20.0 Å². The summed E-state index contributed by atoms with van der Waals surface area (Å²) < 4.78 is 12.2. The number of azo groups is 1. The van der Waals surface area contributed by atoms with E-state index in [1.807, 2.05) is 60.7 Å². The number of nitro groups is 1. The van der Waals surface area contributed by atoms with Crippen molar-refractivity contribution in [3.05, 3.63) is 135 Å². The molecule has 2 aliphatic heterocycles. The standard InChI is InChI=1S/C34H29N7O6/c1-46-23-15-11-21(12-16-23)19-39-27-9-5-3-7-25(27)29(32(39)42)35-36-31-30(41(44)45)34(38-37-31)26-8-4-6-10-28(26)40(33(34)43)20-22-13-17-24(47-2)18-14-22/h3-18,35-36,42H,19-20H2,1-2H3/t34-/m1/s1. The molecule has 13 nitrogen and oxygen atoms in total. The number of fused-ring (bicyclic) bond motifs is 3. The first-order valence-corrected chi connectivity index (χ1v) is 14.7. The molecule has 3 N–H and O–H groups in total. The third-order valence-electron chi connectivity index (χ3n) is 8.44. The molecule has 5 aromatic rings. The molecular formula is C34H29N7O6. The monoisotopic (exact) mass is 631 g/mol. The summed E-state index contributed by atoms with van der Waals surface area (Å²) >= 11 is 0. The summed E-state index contributed by atoms with van der Waals surface area (Å²) in [6.45, 7) is 0.504. The van der Waals surface area contributed by atoms with Gasteiger partial charge in [0.25, 0.3) is 11.4 Å². The SMILES string of the molecule is COc1ccc(CN2C(=O)[C@@]3(N=NC(NNc4c(O)n(Cc5ccc(OC)cc5)c5ccccc45)=C3[N+](=O)[O-])c3ccccc32)cc1. The van der Waals surface area contributed by atoms with E-state index in [4.69, 9.17) is 9.47 Å². The second kappa shape index (κ2) is 11.5. The molecule has 2 aliphatic rings. The van der Waals surface area contributed by atoms with Crippen molar-refractivity contribution in [2.24, 2.45) is 10.2 Å². The molecule has 1 spiro atoms. The van der Waals surface area contributed by atoms with Crippen LogP contribution in [0.5, 0.6) is 17.4 Å². The highest BCUT2D eigenvalue weighted by Gasteiger charge is 2.64. The van der Waals surface area contributed by atoms with Crippen molar-refractivity contribution in [2.75, 3.05) is 24.5 Å². The second-order valence-electron chi connectivity index (χ2n) is 11.0. The summed E-state index contributed by atoms with van der Waals surface area (Å²) in [5.41, 5.74) is 6.76. The minimum atomic E-state index is -2.00. The zero-order valence-electron chi connectivity index (χ0n) is 25.4. The van der Waals surface area contributed by atoms with Gasteiger partial charge in [-0.25, -0.2) is 0 Å². The molecule has 0 aliphatic carbocycles. The molecule has 7 rings (SSSR count). The Morgan fingerprint density at radius 3 is 2.13 bits per heavy atom. The molecule has 1 atom stereocenters. The van der Waals surface area contributed by atoms with Gasteiger partial charge in [-0.15, -0.1) is 5.11 Å². The van der Waals surface area contributed by atoms with Gasteiger partial charge < -0.3 is 24.0 Å². The lowest BCUT2D eigenvalue weighted by molar-refractivity contribution is -0.434. The lowest BCUT2D eigenvalue weighted by Gasteiger charge is -2.20. The average Bonchev–Trinajstić information content (AvgIpc) is 3.69. The molecule has 0 fully saturated rings. The molecular weight excluding hydrogens is 602 g/mol. The fourth-order valence-corrected chi connectivity index (χ4v) is 6.13. The van der Waals surface area contributed by atoms with E-state index in [1.54, 1.807) is 55.2 Å². The van der Waals surface area contributed by atoms with Crippen LogP contribution in [0.15, 0.2) is 119 Å². The molecule has 4 aromatic carbocycles. The third kappa shape index (κ3) is 4.76. The first kappa shape index (κ1) is 29.3. The number of amides is 1. The Morgan fingerprint density at radius 1 is 0.851 bits per heavy atom. The molecule has 1 amide bonds. The summed E-state index contributed by atoms with van der Waals surface area (Å²) in [7, 11) is 3.16. The van der Waals surface area contributed by atoms with Crippen LogP contribution in [-0.2, 0) is 23.4 Å². The number of anilines is 2. The molecule has 236 valence electrons. The zero-order chi connectivity index (χ0) is 32.7. The first-order valence-electron chi connectivity index (χ1n) is 14.7. The fourth-order valence-electron chi connectivity index (χ4n) is 6.13. The average molecular weight is 632 g/mol. The van der Waals surface area contributed by atoms with Crippen molar-refractivity contribution in [1.82, 2.24) is 9.99 Å². The molecule has 0 unspecified atom stereocenters. The van der Waals surface area contributed by atoms with Gasteiger partial charge in [0.2, 0.25) is 11.7 Å². The maximum Gasteiger partial charge on any atom is 0.335 e. The summed E-state index contributed by atoms with van der Waals surface area (Å²) in [5.74, 6) is 0.430. The van der Waals surface area contributed by atoms with Crippen LogP contribution < -0.4 is 25.2 Å². The predicted molar refractivity (Wildman–Crippen MR) is 174 cm³/mol. The van der Waals surface area contributed by atoms with Gasteiger partial charge in [-0.1, -0.05) is 60.7 Å². The molecule has 0 saturated heterocycles. The maximum absolute atomic E-state index is 14.2. The van der Waals surface area contributed by atoms with Crippen LogP contribution >= 0.6 is 0 Å². The Morgan fingerprint density at radius 2 is 1.47 bits per heavy atom. The molecule has 0 bridgehead atoms. The van der Waals surface area contributed by atoms with E-state index >= 15 is 0 Å². The normalized spacial score (nSPS) is 16.6. The molecule has 0 radical (unpaired) electrons. The number of para-hydroxylation sites is 2. The Hall–Kier alpha value is -6.37. The number of aromatic hydroxyl groups is 1. The largest absolute Gasteiger partial charge is 0.497 e. The van der Waals surface area contributed by atoms with E-state index < -0.39 is 22.1 Å². The first-order chi connectivity index (χ1) is 22.8. The highest BCUT2D eigenvalue weighted by Crippen LogP contribution is 2.51. The van der Waals surface area contributed by atoms with Crippen LogP contribution in [0.2, 0.25) is 0 Å². The van der Waals surface area contributed by atoms with E-state index in [-0.39, 0.29) is 23.9 Å².